The lowest BCUT2D eigenvalue weighted by Gasteiger charge is -2.32. The van der Waals surface area contributed by atoms with Crippen LogP contribution < -0.4 is 5.32 Å². The van der Waals surface area contributed by atoms with Crippen molar-refractivity contribution >= 4 is 10.0 Å². The van der Waals surface area contributed by atoms with E-state index >= 15 is 0 Å². The lowest BCUT2D eigenvalue weighted by molar-refractivity contribution is 0.247. The lowest BCUT2D eigenvalue weighted by atomic mass is 9.87. The Morgan fingerprint density at radius 1 is 1.36 bits per heavy atom. The highest BCUT2D eigenvalue weighted by Gasteiger charge is 2.26. The fourth-order valence-electron chi connectivity index (χ4n) is 1.19. The van der Waals surface area contributed by atoms with Crippen LogP contribution >= 0.6 is 0 Å². The maximum atomic E-state index is 11.2. The van der Waals surface area contributed by atoms with Crippen molar-refractivity contribution in [3.8, 4) is 0 Å². The van der Waals surface area contributed by atoms with E-state index in [1.54, 1.807) is 7.05 Å². The molecule has 1 N–H and O–H groups in total. The maximum absolute atomic E-state index is 11.2. The predicted molar refractivity (Wildman–Crippen MR) is 59.8 cm³/mol. The number of likely N-dealkylation sites (N-methyl/N-ethyl adjacent to an activating group) is 2. The van der Waals surface area contributed by atoms with Gasteiger partial charge in [0.25, 0.3) is 0 Å². The van der Waals surface area contributed by atoms with Gasteiger partial charge in [0.05, 0.1) is 6.26 Å². The zero-order valence-corrected chi connectivity index (χ0v) is 10.8. The van der Waals surface area contributed by atoms with E-state index in [-0.39, 0.29) is 11.5 Å². The lowest BCUT2D eigenvalue weighted by Crippen LogP contribution is -2.47. The summed E-state index contributed by atoms with van der Waals surface area (Å²) in [6.07, 6.45) is 1.22. The predicted octanol–water partition coefficient (Wildman–Crippen LogP) is 0.512. The van der Waals surface area contributed by atoms with Gasteiger partial charge in [0.1, 0.15) is 0 Å². The molecule has 0 heterocycles. The summed E-state index contributed by atoms with van der Waals surface area (Å²) in [7, 11) is 0.381. The summed E-state index contributed by atoms with van der Waals surface area (Å²) >= 11 is 0. The van der Waals surface area contributed by atoms with Crippen molar-refractivity contribution in [2.24, 2.45) is 5.41 Å². The third kappa shape index (κ3) is 4.39. The summed E-state index contributed by atoms with van der Waals surface area (Å²) in [6, 6.07) is 0.155. The van der Waals surface area contributed by atoms with Crippen molar-refractivity contribution < 1.29 is 8.42 Å². The summed E-state index contributed by atoms with van der Waals surface area (Å²) in [5.41, 5.74) is 0.0493. The fraction of sp³-hybridized carbons (Fsp3) is 1.00. The molecule has 5 heteroatoms. The van der Waals surface area contributed by atoms with E-state index in [2.05, 4.69) is 26.1 Å². The molecule has 0 amide bonds. The minimum absolute atomic E-state index is 0.0493. The first-order valence-electron chi connectivity index (χ1n) is 4.67. The molecule has 0 aromatic carbocycles. The molecule has 0 aromatic heterocycles. The normalized spacial score (nSPS) is 15.9. The Labute approximate surface area is 87.7 Å². The van der Waals surface area contributed by atoms with Crippen molar-refractivity contribution in [3.05, 3.63) is 0 Å². The summed E-state index contributed by atoms with van der Waals surface area (Å²) in [5, 5.41) is 3.14. The van der Waals surface area contributed by atoms with Gasteiger partial charge in [-0.05, 0) is 12.5 Å². The van der Waals surface area contributed by atoms with Crippen molar-refractivity contribution in [1.82, 2.24) is 9.62 Å². The molecule has 0 unspecified atom stereocenters. The van der Waals surface area contributed by atoms with Crippen LogP contribution in [0.15, 0.2) is 0 Å². The Hall–Kier alpha value is -0.130. The van der Waals surface area contributed by atoms with E-state index in [0.717, 1.165) is 0 Å². The molecule has 86 valence electrons. The first-order chi connectivity index (χ1) is 6.09. The molecular formula is C9H22N2O2S. The van der Waals surface area contributed by atoms with E-state index < -0.39 is 10.0 Å². The average Bonchev–Trinajstić information content (AvgIpc) is 1.95. The van der Waals surface area contributed by atoms with E-state index in [1.807, 2.05) is 7.05 Å². The highest BCUT2D eigenvalue weighted by molar-refractivity contribution is 7.88. The number of hydrogen-bond acceptors (Lipinski definition) is 3. The second-order valence-corrected chi connectivity index (χ2v) is 6.84. The summed E-state index contributed by atoms with van der Waals surface area (Å²) in [4.78, 5) is 0. The molecule has 0 radical (unpaired) electrons. The Morgan fingerprint density at radius 3 is 2.00 bits per heavy atom. The van der Waals surface area contributed by atoms with Crippen LogP contribution in [0.25, 0.3) is 0 Å². The Kier molecular flexibility index (Phi) is 4.55. The van der Waals surface area contributed by atoms with Crippen molar-refractivity contribution in [2.45, 2.75) is 26.8 Å². The van der Waals surface area contributed by atoms with Crippen LogP contribution in [0.4, 0.5) is 0 Å². The Balaban J connectivity index is 4.50. The van der Waals surface area contributed by atoms with Gasteiger partial charge in [-0.15, -0.1) is 0 Å². The number of rotatable bonds is 4. The largest absolute Gasteiger partial charge is 0.315 e. The summed E-state index contributed by atoms with van der Waals surface area (Å²) < 4.78 is 23.8. The molecule has 14 heavy (non-hydrogen) atoms. The van der Waals surface area contributed by atoms with Crippen LogP contribution in [-0.4, -0.2) is 45.7 Å². The van der Waals surface area contributed by atoms with E-state index in [0.29, 0.717) is 6.54 Å². The van der Waals surface area contributed by atoms with Gasteiger partial charge in [0.2, 0.25) is 10.0 Å². The first kappa shape index (κ1) is 13.9. The van der Waals surface area contributed by atoms with Gasteiger partial charge < -0.3 is 5.32 Å². The van der Waals surface area contributed by atoms with Gasteiger partial charge >= 0.3 is 0 Å². The zero-order chi connectivity index (χ0) is 11.6. The SMILES string of the molecule is CN[C@H](CN(C)S(C)(=O)=O)C(C)(C)C. The first-order valence-corrected chi connectivity index (χ1v) is 6.52. The molecule has 4 nitrogen and oxygen atoms in total. The highest BCUT2D eigenvalue weighted by Crippen LogP contribution is 2.19. The number of nitrogens with one attached hydrogen (secondary N) is 1. The van der Waals surface area contributed by atoms with Crippen LogP contribution in [0.2, 0.25) is 0 Å². The second kappa shape index (κ2) is 4.59. The molecule has 0 saturated carbocycles. The molecule has 1 atom stereocenters. The number of hydrogen-bond donors (Lipinski definition) is 1. The molecule has 0 rings (SSSR count). The molecule has 0 fully saturated rings. The molecule has 0 saturated heterocycles. The van der Waals surface area contributed by atoms with Crippen LogP contribution in [0.1, 0.15) is 20.8 Å². The summed E-state index contributed by atoms with van der Waals surface area (Å²) in [6.45, 7) is 6.76. The van der Waals surface area contributed by atoms with Crippen LogP contribution in [0, 0.1) is 5.41 Å². The molecule has 0 aromatic rings. The smallest absolute Gasteiger partial charge is 0.211 e. The van der Waals surface area contributed by atoms with Crippen molar-refractivity contribution in [2.75, 3.05) is 26.9 Å². The monoisotopic (exact) mass is 222 g/mol. The molecule has 0 bridgehead atoms. The molecule has 0 aliphatic carbocycles. The molecule has 0 spiro atoms. The second-order valence-electron chi connectivity index (χ2n) is 4.75. The van der Waals surface area contributed by atoms with Gasteiger partial charge in [-0.2, -0.15) is 0 Å². The minimum atomic E-state index is -3.07. The number of sulfonamides is 1. The van der Waals surface area contributed by atoms with E-state index in [1.165, 1.54) is 10.6 Å². The van der Waals surface area contributed by atoms with Crippen LogP contribution in [-0.2, 0) is 10.0 Å². The molecular weight excluding hydrogens is 200 g/mol. The highest BCUT2D eigenvalue weighted by atomic mass is 32.2. The quantitative estimate of drug-likeness (QED) is 0.754. The van der Waals surface area contributed by atoms with Gasteiger partial charge in [-0.1, -0.05) is 20.8 Å². The van der Waals surface area contributed by atoms with E-state index in [4.69, 9.17) is 0 Å². The Bertz CT molecular complexity index is 267. The minimum Gasteiger partial charge on any atom is -0.315 e. The fourth-order valence-corrected chi connectivity index (χ4v) is 1.61. The zero-order valence-electron chi connectivity index (χ0n) is 9.96. The molecule has 0 aliphatic heterocycles. The van der Waals surface area contributed by atoms with E-state index in [9.17, 15) is 8.42 Å². The van der Waals surface area contributed by atoms with Crippen LogP contribution in [0.5, 0.6) is 0 Å². The van der Waals surface area contributed by atoms with Crippen LogP contribution in [0.3, 0.4) is 0 Å². The van der Waals surface area contributed by atoms with Gasteiger partial charge in [0.15, 0.2) is 0 Å². The number of nitrogens with zero attached hydrogens (tertiary/aromatic N) is 1. The third-order valence-electron chi connectivity index (χ3n) is 2.40. The van der Waals surface area contributed by atoms with Crippen molar-refractivity contribution in [1.29, 1.82) is 0 Å². The topological polar surface area (TPSA) is 49.4 Å². The average molecular weight is 222 g/mol. The van der Waals surface area contributed by atoms with Crippen molar-refractivity contribution in [3.63, 3.8) is 0 Å². The molecule has 0 aliphatic rings. The summed E-state index contributed by atoms with van der Waals surface area (Å²) in [5.74, 6) is 0. The maximum Gasteiger partial charge on any atom is 0.211 e. The van der Waals surface area contributed by atoms with Gasteiger partial charge in [-0.25, -0.2) is 12.7 Å². The third-order valence-corrected chi connectivity index (χ3v) is 3.68. The standard InChI is InChI=1S/C9H22N2O2S/c1-9(2,3)8(10-4)7-11(5)14(6,12)13/h8,10H,7H2,1-6H3/t8-/m1/s1. The van der Waals surface area contributed by atoms with Gasteiger partial charge in [0, 0.05) is 19.6 Å². The Morgan fingerprint density at radius 2 is 1.79 bits per heavy atom. The van der Waals surface area contributed by atoms with Gasteiger partial charge in [-0.3, -0.25) is 0 Å².